The third kappa shape index (κ3) is 1.62. The molecule has 2 heterocycles. The van der Waals surface area contributed by atoms with Crippen molar-refractivity contribution in [3.8, 4) is 5.69 Å². The van der Waals surface area contributed by atoms with Crippen molar-refractivity contribution in [2.45, 2.75) is 6.92 Å². The largest absolute Gasteiger partial charge is 0.305 e. The van der Waals surface area contributed by atoms with Crippen LogP contribution in [0.1, 0.15) is 5.69 Å². The average Bonchev–Trinajstić information content (AvgIpc) is 2.53. The summed E-state index contributed by atoms with van der Waals surface area (Å²) in [6.07, 6.45) is 7.29. The lowest BCUT2D eigenvalue weighted by Gasteiger charge is -2.02. The molecule has 0 radical (unpaired) electrons. The molecule has 4 heteroatoms. The molecule has 3 nitrogen and oxygen atoms in total. The lowest BCUT2D eigenvalue weighted by Crippen LogP contribution is -1.91. The van der Waals surface area contributed by atoms with Gasteiger partial charge in [0.2, 0.25) is 0 Å². The second-order valence-electron chi connectivity index (χ2n) is 2.75. The van der Waals surface area contributed by atoms with E-state index in [0.29, 0.717) is 0 Å². The third-order valence-electron chi connectivity index (χ3n) is 1.74. The molecule has 0 N–H and O–H groups in total. The lowest BCUT2D eigenvalue weighted by molar-refractivity contribution is 1.04. The first-order valence-corrected chi connectivity index (χ1v) is 4.67. The molecule has 0 aliphatic rings. The fourth-order valence-corrected chi connectivity index (χ4v) is 1.59. The molecular weight excluding hydrogens is 230 g/mol. The van der Waals surface area contributed by atoms with E-state index in [1.165, 1.54) is 0 Å². The molecule has 2 rings (SSSR count). The van der Waals surface area contributed by atoms with Gasteiger partial charge < -0.3 is 4.57 Å². The molecular formula is C9H8BrN3. The highest BCUT2D eigenvalue weighted by Gasteiger charge is 2.01. The van der Waals surface area contributed by atoms with E-state index in [4.69, 9.17) is 0 Å². The molecule has 0 unspecified atom stereocenters. The maximum absolute atomic E-state index is 4.16. The molecule has 13 heavy (non-hydrogen) atoms. The number of rotatable bonds is 1. The van der Waals surface area contributed by atoms with Crippen LogP contribution in [0.5, 0.6) is 0 Å². The molecule has 66 valence electrons. The quantitative estimate of drug-likeness (QED) is 0.763. The molecule has 0 aromatic carbocycles. The first kappa shape index (κ1) is 8.44. The first-order chi connectivity index (χ1) is 6.27. The Morgan fingerprint density at radius 2 is 2.31 bits per heavy atom. The predicted molar refractivity (Wildman–Crippen MR) is 53.8 cm³/mol. The Hall–Kier alpha value is -1.16. The Morgan fingerprint density at radius 3 is 2.92 bits per heavy atom. The number of nitrogens with zero attached hydrogens (tertiary/aromatic N) is 3. The van der Waals surface area contributed by atoms with Crippen molar-refractivity contribution in [1.82, 2.24) is 14.5 Å². The van der Waals surface area contributed by atoms with E-state index in [-0.39, 0.29) is 0 Å². The van der Waals surface area contributed by atoms with Crippen LogP contribution >= 0.6 is 15.9 Å². The van der Waals surface area contributed by atoms with Gasteiger partial charge in [0.05, 0.1) is 22.2 Å². The van der Waals surface area contributed by atoms with Crippen molar-refractivity contribution in [2.75, 3.05) is 0 Å². The SMILES string of the molecule is Cc1cn(-c2ccncc2Br)cn1. The topological polar surface area (TPSA) is 30.7 Å². The molecule has 0 fully saturated rings. The van der Waals surface area contributed by atoms with Crippen LogP contribution in [0.4, 0.5) is 0 Å². The van der Waals surface area contributed by atoms with Gasteiger partial charge in [0.25, 0.3) is 0 Å². The van der Waals surface area contributed by atoms with Gasteiger partial charge in [0.15, 0.2) is 0 Å². The molecule has 2 aromatic heterocycles. The number of pyridine rings is 1. The van der Waals surface area contributed by atoms with Crippen LogP contribution in [0.2, 0.25) is 0 Å². The minimum absolute atomic E-state index is 0.965. The zero-order chi connectivity index (χ0) is 9.26. The summed E-state index contributed by atoms with van der Waals surface area (Å²) in [5.41, 5.74) is 2.05. The van der Waals surface area contributed by atoms with Gasteiger partial charge in [0, 0.05) is 18.6 Å². The molecule has 0 saturated heterocycles. The highest BCUT2D eigenvalue weighted by molar-refractivity contribution is 9.10. The Morgan fingerprint density at radius 1 is 1.46 bits per heavy atom. The van der Waals surface area contributed by atoms with Crippen LogP contribution < -0.4 is 0 Å². The Bertz CT molecular complexity index is 422. The smallest absolute Gasteiger partial charge is 0.0995 e. The van der Waals surface area contributed by atoms with Crippen LogP contribution in [-0.4, -0.2) is 14.5 Å². The molecule has 0 saturated carbocycles. The van der Waals surface area contributed by atoms with Gasteiger partial charge in [-0.2, -0.15) is 0 Å². The number of hydrogen-bond donors (Lipinski definition) is 0. The number of aromatic nitrogens is 3. The Labute approximate surface area is 84.6 Å². The van der Waals surface area contributed by atoms with E-state index < -0.39 is 0 Å². The van der Waals surface area contributed by atoms with Crippen LogP contribution in [0, 0.1) is 6.92 Å². The summed E-state index contributed by atoms with van der Waals surface area (Å²) >= 11 is 3.43. The van der Waals surface area contributed by atoms with Crippen molar-refractivity contribution in [3.63, 3.8) is 0 Å². The Balaban J connectivity index is 2.52. The van der Waals surface area contributed by atoms with Gasteiger partial charge in [-0.05, 0) is 28.9 Å². The average molecular weight is 238 g/mol. The molecule has 2 aromatic rings. The van der Waals surface area contributed by atoms with Crippen LogP contribution in [-0.2, 0) is 0 Å². The maximum Gasteiger partial charge on any atom is 0.0995 e. The van der Waals surface area contributed by atoms with Crippen molar-refractivity contribution in [1.29, 1.82) is 0 Å². The fraction of sp³-hybridized carbons (Fsp3) is 0.111. The lowest BCUT2D eigenvalue weighted by atomic mass is 10.4. The zero-order valence-electron chi connectivity index (χ0n) is 7.11. The monoisotopic (exact) mass is 237 g/mol. The fourth-order valence-electron chi connectivity index (χ4n) is 1.13. The predicted octanol–water partition coefficient (Wildman–Crippen LogP) is 2.34. The van der Waals surface area contributed by atoms with Gasteiger partial charge in [-0.25, -0.2) is 4.98 Å². The zero-order valence-corrected chi connectivity index (χ0v) is 8.69. The first-order valence-electron chi connectivity index (χ1n) is 3.88. The number of imidazole rings is 1. The highest BCUT2D eigenvalue weighted by atomic mass is 79.9. The van der Waals surface area contributed by atoms with Crippen LogP contribution in [0.25, 0.3) is 5.69 Å². The van der Waals surface area contributed by atoms with E-state index in [2.05, 4.69) is 25.9 Å². The van der Waals surface area contributed by atoms with Crippen LogP contribution in [0.3, 0.4) is 0 Å². The summed E-state index contributed by atoms with van der Waals surface area (Å²) < 4.78 is 2.92. The summed E-state index contributed by atoms with van der Waals surface area (Å²) in [6, 6.07) is 1.94. The second kappa shape index (κ2) is 3.30. The van der Waals surface area contributed by atoms with E-state index >= 15 is 0 Å². The second-order valence-corrected chi connectivity index (χ2v) is 3.60. The molecule has 0 aliphatic heterocycles. The molecule has 0 spiro atoms. The third-order valence-corrected chi connectivity index (χ3v) is 2.35. The summed E-state index contributed by atoms with van der Waals surface area (Å²) in [4.78, 5) is 8.15. The maximum atomic E-state index is 4.16. The van der Waals surface area contributed by atoms with Gasteiger partial charge in [-0.3, -0.25) is 4.98 Å². The van der Waals surface area contributed by atoms with E-state index in [1.54, 1.807) is 18.7 Å². The summed E-state index contributed by atoms with van der Waals surface area (Å²) in [7, 11) is 0. The van der Waals surface area contributed by atoms with Gasteiger partial charge in [-0.15, -0.1) is 0 Å². The van der Waals surface area contributed by atoms with Crippen molar-refractivity contribution in [3.05, 3.63) is 41.2 Å². The van der Waals surface area contributed by atoms with Crippen molar-refractivity contribution >= 4 is 15.9 Å². The molecule has 0 aliphatic carbocycles. The highest BCUT2D eigenvalue weighted by Crippen LogP contribution is 2.18. The molecule has 0 amide bonds. The summed E-state index contributed by atoms with van der Waals surface area (Å²) in [5.74, 6) is 0. The summed E-state index contributed by atoms with van der Waals surface area (Å²) in [6.45, 7) is 1.96. The van der Waals surface area contributed by atoms with Crippen LogP contribution in [0.15, 0.2) is 35.5 Å². The number of hydrogen-bond acceptors (Lipinski definition) is 2. The van der Waals surface area contributed by atoms with E-state index in [0.717, 1.165) is 15.9 Å². The van der Waals surface area contributed by atoms with E-state index in [1.807, 2.05) is 23.8 Å². The molecule has 0 bridgehead atoms. The molecule has 0 atom stereocenters. The standard InChI is InChI=1S/C9H8BrN3/c1-7-5-13(6-12-7)9-2-3-11-4-8(9)10/h2-6H,1H3. The van der Waals surface area contributed by atoms with Gasteiger partial charge in [-0.1, -0.05) is 0 Å². The normalized spacial score (nSPS) is 10.3. The van der Waals surface area contributed by atoms with Gasteiger partial charge in [0.1, 0.15) is 0 Å². The number of halogens is 1. The Kier molecular flexibility index (Phi) is 2.14. The number of aryl methyl sites for hydroxylation is 1. The summed E-state index contributed by atoms with van der Waals surface area (Å²) in [5, 5.41) is 0. The van der Waals surface area contributed by atoms with Crippen molar-refractivity contribution < 1.29 is 0 Å². The van der Waals surface area contributed by atoms with Crippen molar-refractivity contribution in [2.24, 2.45) is 0 Å². The minimum Gasteiger partial charge on any atom is -0.305 e. The minimum atomic E-state index is 0.965. The van der Waals surface area contributed by atoms with Gasteiger partial charge >= 0.3 is 0 Å². The van der Waals surface area contributed by atoms with E-state index in [9.17, 15) is 0 Å².